The molecule has 1 N–H and O–H groups in total. The van der Waals surface area contributed by atoms with Gasteiger partial charge in [-0.1, -0.05) is 0 Å². The predicted octanol–water partition coefficient (Wildman–Crippen LogP) is -0.0496. The summed E-state index contributed by atoms with van der Waals surface area (Å²) in [7, 11) is 0. The zero-order valence-corrected chi connectivity index (χ0v) is 7.66. The van der Waals surface area contributed by atoms with Crippen molar-refractivity contribution < 1.29 is 14.7 Å². The maximum atomic E-state index is 11.4. The number of aliphatic hydroxyl groups is 1. The van der Waals surface area contributed by atoms with E-state index >= 15 is 0 Å². The molecular formula is C9H15NO3. The SMILES string of the molecule is O=C(CO)CC(=O)N1CCCCC1. The van der Waals surface area contributed by atoms with Crippen LogP contribution in [0.2, 0.25) is 0 Å². The third-order valence-electron chi connectivity index (χ3n) is 2.23. The normalized spacial score (nSPS) is 17.2. The highest BCUT2D eigenvalue weighted by Gasteiger charge is 2.18. The van der Waals surface area contributed by atoms with E-state index in [0.717, 1.165) is 32.4 Å². The van der Waals surface area contributed by atoms with Gasteiger partial charge < -0.3 is 10.0 Å². The standard InChI is InChI=1S/C9H15NO3/c11-7-8(12)6-9(13)10-4-2-1-3-5-10/h11H,1-7H2. The van der Waals surface area contributed by atoms with E-state index in [4.69, 9.17) is 5.11 Å². The number of Topliss-reactive ketones (excluding diaryl/α,β-unsaturated/α-hetero) is 1. The van der Waals surface area contributed by atoms with Crippen molar-refractivity contribution in [2.75, 3.05) is 19.7 Å². The second-order valence-electron chi connectivity index (χ2n) is 3.32. The van der Waals surface area contributed by atoms with Crippen molar-refractivity contribution in [3.05, 3.63) is 0 Å². The number of carbonyl (C=O) groups excluding carboxylic acids is 2. The minimum Gasteiger partial charge on any atom is -0.389 e. The highest BCUT2D eigenvalue weighted by molar-refractivity contribution is 5.98. The average Bonchev–Trinajstić information content (AvgIpc) is 2.19. The van der Waals surface area contributed by atoms with Gasteiger partial charge in [-0.3, -0.25) is 9.59 Å². The summed E-state index contributed by atoms with van der Waals surface area (Å²) in [6.45, 7) is 0.995. The molecule has 0 atom stereocenters. The van der Waals surface area contributed by atoms with Crippen LogP contribution in [-0.2, 0) is 9.59 Å². The minimum atomic E-state index is -0.528. The van der Waals surface area contributed by atoms with E-state index in [1.807, 2.05) is 0 Å². The summed E-state index contributed by atoms with van der Waals surface area (Å²) in [5, 5.41) is 8.46. The molecule has 0 aliphatic carbocycles. The molecule has 74 valence electrons. The first kappa shape index (κ1) is 10.2. The van der Waals surface area contributed by atoms with Crippen LogP contribution in [-0.4, -0.2) is 41.4 Å². The number of carbonyl (C=O) groups is 2. The summed E-state index contributed by atoms with van der Waals surface area (Å²) in [6.07, 6.45) is 3.08. The molecule has 1 aliphatic heterocycles. The molecule has 13 heavy (non-hydrogen) atoms. The smallest absolute Gasteiger partial charge is 0.230 e. The molecule has 4 nitrogen and oxygen atoms in total. The van der Waals surface area contributed by atoms with Crippen LogP contribution in [0.15, 0.2) is 0 Å². The molecule has 0 radical (unpaired) electrons. The van der Waals surface area contributed by atoms with Gasteiger partial charge in [-0.2, -0.15) is 0 Å². The van der Waals surface area contributed by atoms with Crippen molar-refractivity contribution in [1.82, 2.24) is 4.90 Å². The Morgan fingerprint density at radius 2 is 1.77 bits per heavy atom. The van der Waals surface area contributed by atoms with Crippen molar-refractivity contribution in [3.63, 3.8) is 0 Å². The second kappa shape index (κ2) is 4.97. The molecule has 1 saturated heterocycles. The Kier molecular flexibility index (Phi) is 3.89. The summed E-state index contributed by atoms with van der Waals surface area (Å²) in [4.78, 5) is 23.8. The number of rotatable bonds is 3. The van der Waals surface area contributed by atoms with Crippen molar-refractivity contribution in [2.45, 2.75) is 25.7 Å². The van der Waals surface area contributed by atoms with Gasteiger partial charge in [0.25, 0.3) is 0 Å². The third-order valence-corrected chi connectivity index (χ3v) is 2.23. The molecule has 0 aromatic carbocycles. The molecular weight excluding hydrogens is 170 g/mol. The van der Waals surface area contributed by atoms with Crippen LogP contribution in [0.4, 0.5) is 0 Å². The van der Waals surface area contributed by atoms with E-state index in [1.54, 1.807) is 4.90 Å². The topological polar surface area (TPSA) is 57.6 Å². The number of amides is 1. The highest BCUT2D eigenvalue weighted by atomic mass is 16.3. The van der Waals surface area contributed by atoms with Gasteiger partial charge in [-0.15, -0.1) is 0 Å². The molecule has 4 heteroatoms. The third kappa shape index (κ3) is 3.14. The maximum absolute atomic E-state index is 11.4. The number of hydrogen-bond acceptors (Lipinski definition) is 3. The number of nitrogens with zero attached hydrogens (tertiary/aromatic N) is 1. The lowest BCUT2D eigenvalue weighted by Crippen LogP contribution is -2.36. The molecule has 1 heterocycles. The van der Waals surface area contributed by atoms with Gasteiger partial charge in [-0.05, 0) is 19.3 Å². The molecule has 1 fully saturated rings. The van der Waals surface area contributed by atoms with Crippen LogP contribution >= 0.6 is 0 Å². The number of aliphatic hydroxyl groups excluding tert-OH is 1. The summed E-state index contributed by atoms with van der Waals surface area (Å²) < 4.78 is 0. The van der Waals surface area contributed by atoms with E-state index in [-0.39, 0.29) is 12.3 Å². The van der Waals surface area contributed by atoms with E-state index in [9.17, 15) is 9.59 Å². The van der Waals surface area contributed by atoms with Crippen LogP contribution < -0.4 is 0 Å². The molecule has 1 amide bonds. The lowest BCUT2D eigenvalue weighted by Gasteiger charge is -2.26. The van der Waals surface area contributed by atoms with E-state index in [1.165, 1.54) is 0 Å². The summed E-state index contributed by atoms with van der Waals surface area (Å²) in [5.74, 6) is -0.533. The largest absolute Gasteiger partial charge is 0.389 e. The molecule has 1 aliphatic rings. The lowest BCUT2D eigenvalue weighted by atomic mass is 10.1. The summed E-state index contributed by atoms with van der Waals surface area (Å²) >= 11 is 0. The van der Waals surface area contributed by atoms with Gasteiger partial charge in [0, 0.05) is 13.1 Å². The Hall–Kier alpha value is -0.900. The number of likely N-dealkylation sites (tertiary alicyclic amines) is 1. The molecule has 0 unspecified atom stereocenters. The lowest BCUT2D eigenvalue weighted by molar-refractivity contribution is -0.136. The summed E-state index contributed by atoms with van der Waals surface area (Å²) in [5.41, 5.74) is 0. The van der Waals surface area contributed by atoms with Crippen LogP contribution in [0, 0.1) is 0 Å². The summed E-state index contributed by atoms with van der Waals surface area (Å²) in [6, 6.07) is 0. The van der Waals surface area contributed by atoms with Crippen molar-refractivity contribution in [1.29, 1.82) is 0 Å². The molecule has 0 aromatic heterocycles. The fraction of sp³-hybridized carbons (Fsp3) is 0.778. The van der Waals surface area contributed by atoms with E-state index < -0.39 is 12.4 Å². The van der Waals surface area contributed by atoms with Crippen molar-refractivity contribution >= 4 is 11.7 Å². The molecule has 0 aromatic rings. The first-order chi connectivity index (χ1) is 6.24. The first-order valence-electron chi connectivity index (χ1n) is 4.64. The van der Waals surface area contributed by atoms with Gasteiger partial charge in [0.15, 0.2) is 5.78 Å². The van der Waals surface area contributed by atoms with Gasteiger partial charge in [-0.25, -0.2) is 0 Å². The van der Waals surface area contributed by atoms with Gasteiger partial charge in [0.1, 0.15) is 6.61 Å². The van der Waals surface area contributed by atoms with E-state index in [0.29, 0.717) is 0 Å². The zero-order chi connectivity index (χ0) is 9.68. The van der Waals surface area contributed by atoms with Crippen LogP contribution in [0.3, 0.4) is 0 Å². The van der Waals surface area contributed by atoms with Crippen molar-refractivity contribution in [2.24, 2.45) is 0 Å². The molecule has 0 saturated carbocycles. The zero-order valence-electron chi connectivity index (χ0n) is 7.66. The fourth-order valence-corrected chi connectivity index (χ4v) is 1.48. The minimum absolute atomic E-state index is 0.140. The fourth-order valence-electron chi connectivity index (χ4n) is 1.48. The highest BCUT2D eigenvalue weighted by Crippen LogP contribution is 2.09. The average molecular weight is 185 g/mol. The Morgan fingerprint density at radius 3 is 2.31 bits per heavy atom. The van der Waals surface area contributed by atoms with Crippen LogP contribution in [0.25, 0.3) is 0 Å². The predicted molar refractivity (Wildman–Crippen MR) is 47.1 cm³/mol. The Balaban J connectivity index is 2.33. The Bertz CT molecular complexity index is 197. The maximum Gasteiger partial charge on any atom is 0.230 e. The monoisotopic (exact) mass is 185 g/mol. The number of hydrogen-bond donors (Lipinski definition) is 1. The van der Waals surface area contributed by atoms with Gasteiger partial charge in [0.05, 0.1) is 6.42 Å². The number of piperidine rings is 1. The van der Waals surface area contributed by atoms with Crippen LogP contribution in [0.5, 0.6) is 0 Å². The molecule has 1 rings (SSSR count). The molecule has 0 bridgehead atoms. The molecule has 0 spiro atoms. The quantitative estimate of drug-likeness (QED) is 0.627. The van der Waals surface area contributed by atoms with E-state index in [2.05, 4.69) is 0 Å². The Labute approximate surface area is 77.5 Å². The van der Waals surface area contributed by atoms with Crippen LogP contribution in [0.1, 0.15) is 25.7 Å². The van der Waals surface area contributed by atoms with Gasteiger partial charge >= 0.3 is 0 Å². The van der Waals surface area contributed by atoms with Gasteiger partial charge in [0.2, 0.25) is 5.91 Å². The number of ketones is 1. The first-order valence-corrected chi connectivity index (χ1v) is 4.64. The second-order valence-corrected chi connectivity index (χ2v) is 3.32. The Morgan fingerprint density at radius 1 is 1.15 bits per heavy atom. The van der Waals surface area contributed by atoms with Crippen molar-refractivity contribution in [3.8, 4) is 0 Å².